The van der Waals surface area contributed by atoms with Gasteiger partial charge in [-0.25, -0.2) is 0 Å². The highest BCUT2D eigenvalue weighted by molar-refractivity contribution is 7.16. The number of aryl methyl sites for hydroxylation is 2. The summed E-state index contributed by atoms with van der Waals surface area (Å²) in [4.78, 5) is 17.6. The molecule has 0 bridgehead atoms. The molecule has 1 heterocycles. The number of carbonyl (C=O) groups is 1. The van der Waals surface area contributed by atoms with Gasteiger partial charge in [-0.05, 0) is 49.2 Å². The lowest BCUT2D eigenvalue weighted by molar-refractivity contribution is 0.0998. The molecule has 0 aliphatic carbocycles. The van der Waals surface area contributed by atoms with Gasteiger partial charge in [-0.2, -0.15) is 10.3 Å². The van der Waals surface area contributed by atoms with E-state index in [1.165, 1.54) is 11.3 Å². The van der Waals surface area contributed by atoms with Crippen LogP contribution >= 0.6 is 11.3 Å². The lowest BCUT2D eigenvalue weighted by Gasteiger charge is -2.08. The van der Waals surface area contributed by atoms with Crippen LogP contribution in [0.15, 0.2) is 41.4 Å². The lowest BCUT2D eigenvalue weighted by atomic mass is 10.1. The molecule has 0 atom stereocenters. The average molecular weight is 365 g/mol. The van der Waals surface area contributed by atoms with Crippen LogP contribution in [-0.2, 0) is 6.54 Å². The van der Waals surface area contributed by atoms with E-state index in [0.717, 1.165) is 34.5 Å². The van der Waals surface area contributed by atoms with Crippen LogP contribution in [-0.4, -0.2) is 17.6 Å². The molecule has 0 saturated carbocycles. The molecule has 0 N–H and O–H groups in total. The predicted octanol–water partition coefficient (Wildman–Crippen LogP) is 4.04. The topological polar surface area (TPSA) is 67.4 Å². The molecule has 0 spiro atoms. The zero-order chi connectivity index (χ0) is 18.7. The quantitative estimate of drug-likeness (QED) is 0.701. The molecule has 2 aromatic carbocycles. The molecule has 0 radical (unpaired) electrons. The Morgan fingerprint density at radius 2 is 2.00 bits per heavy atom. The van der Waals surface area contributed by atoms with E-state index in [4.69, 9.17) is 10.00 Å². The number of aromatic nitrogens is 1. The molecule has 0 aliphatic heterocycles. The van der Waals surface area contributed by atoms with Crippen molar-refractivity contribution in [2.45, 2.75) is 26.8 Å². The van der Waals surface area contributed by atoms with Crippen LogP contribution in [0.25, 0.3) is 10.2 Å². The van der Waals surface area contributed by atoms with Crippen LogP contribution in [0.4, 0.5) is 0 Å². The largest absolute Gasteiger partial charge is 0.495 e. The molecule has 0 saturated heterocycles. The van der Waals surface area contributed by atoms with Crippen molar-refractivity contribution in [1.29, 1.82) is 5.26 Å². The number of nitriles is 1. The molecule has 5 nitrogen and oxygen atoms in total. The highest BCUT2D eigenvalue weighted by Gasteiger charge is 2.14. The minimum atomic E-state index is -0.317. The molecule has 0 unspecified atom stereocenters. The van der Waals surface area contributed by atoms with Crippen molar-refractivity contribution < 1.29 is 9.53 Å². The van der Waals surface area contributed by atoms with Gasteiger partial charge in [-0.3, -0.25) is 4.79 Å². The molecule has 132 valence electrons. The number of benzene rings is 2. The normalized spacial score (nSPS) is 11.5. The minimum absolute atomic E-state index is 0.317. The van der Waals surface area contributed by atoms with Crippen molar-refractivity contribution in [2.24, 2.45) is 4.99 Å². The second kappa shape index (κ2) is 7.54. The van der Waals surface area contributed by atoms with E-state index in [1.54, 1.807) is 31.4 Å². The SMILES string of the molecule is CCCn1c(=NC(=O)c2ccc(C#N)cc2)sc2c(C)ccc(OC)c21. The number of nitrogens with zero attached hydrogens (tertiary/aromatic N) is 3. The first kappa shape index (κ1) is 17.9. The molecular formula is C20H19N3O2S. The Morgan fingerprint density at radius 1 is 1.27 bits per heavy atom. The number of fused-ring (bicyclic) bond motifs is 1. The molecule has 0 fully saturated rings. The van der Waals surface area contributed by atoms with E-state index in [9.17, 15) is 4.79 Å². The molecule has 1 aromatic heterocycles. The maximum atomic E-state index is 12.6. The highest BCUT2D eigenvalue weighted by atomic mass is 32.1. The third-order valence-electron chi connectivity index (χ3n) is 4.11. The fourth-order valence-electron chi connectivity index (χ4n) is 2.80. The summed E-state index contributed by atoms with van der Waals surface area (Å²) in [6, 6.07) is 12.5. The van der Waals surface area contributed by atoms with Crippen molar-refractivity contribution in [1.82, 2.24) is 4.57 Å². The summed E-state index contributed by atoms with van der Waals surface area (Å²) in [6.45, 7) is 4.88. The van der Waals surface area contributed by atoms with Crippen LogP contribution in [0.2, 0.25) is 0 Å². The Balaban J connectivity index is 2.18. The summed E-state index contributed by atoms with van der Waals surface area (Å²) in [5.41, 5.74) is 3.09. The van der Waals surface area contributed by atoms with Gasteiger partial charge in [-0.15, -0.1) is 0 Å². The summed E-state index contributed by atoms with van der Waals surface area (Å²) >= 11 is 1.49. The Labute approximate surface area is 155 Å². The van der Waals surface area contributed by atoms with E-state index < -0.39 is 0 Å². The maximum absolute atomic E-state index is 12.6. The van der Waals surface area contributed by atoms with E-state index in [2.05, 4.69) is 11.9 Å². The fraction of sp³-hybridized carbons (Fsp3) is 0.250. The molecule has 3 rings (SSSR count). The smallest absolute Gasteiger partial charge is 0.279 e. The van der Waals surface area contributed by atoms with Crippen molar-refractivity contribution >= 4 is 27.5 Å². The Hall–Kier alpha value is -2.91. The standard InChI is InChI=1S/C20H19N3O2S/c1-4-11-23-17-16(25-3)10-5-13(2)18(17)26-20(23)22-19(24)15-8-6-14(12-21)7-9-15/h5-10H,4,11H2,1-3H3. The first-order chi connectivity index (χ1) is 12.6. The van der Waals surface area contributed by atoms with Gasteiger partial charge in [0.1, 0.15) is 11.3 Å². The Morgan fingerprint density at radius 3 is 2.62 bits per heavy atom. The van der Waals surface area contributed by atoms with Gasteiger partial charge in [0, 0.05) is 12.1 Å². The molecule has 3 aromatic rings. The third kappa shape index (κ3) is 3.26. The van der Waals surface area contributed by atoms with Gasteiger partial charge in [-0.1, -0.05) is 24.3 Å². The second-order valence-electron chi connectivity index (χ2n) is 5.90. The molecule has 26 heavy (non-hydrogen) atoms. The zero-order valence-electron chi connectivity index (χ0n) is 14.9. The van der Waals surface area contributed by atoms with E-state index in [0.29, 0.717) is 15.9 Å². The maximum Gasteiger partial charge on any atom is 0.279 e. The third-order valence-corrected chi connectivity index (χ3v) is 5.32. The van der Waals surface area contributed by atoms with Gasteiger partial charge in [0.25, 0.3) is 5.91 Å². The van der Waals surface area contributed by atoms with Crippen LogP contribution < -0.4 is 9.54 Å². The summed E-state index contributed by atoms with van der Waals surface area (Å²) in [5, 5.41) is 8.88. The zero-order valence-corrected chi connectivity index (χ0v) is 15.8. The lowest BCUT2D eigenvalue weighted by Crippen LogP contribution is -2.17. The van der Waals surface area contributed by atoms with E-state index in [-0.39, 0.29) is 5.91 Å². The number of hydrogen-bond acceptors (Lipinski definition) is 4. The Bertz CT molecular complexity index is 1070. The average Bonchev–Trinajstić information content (AvgIpc) is 3.02. The van der Waals surface area contributed by atoms with Crippen molar-refractivity contribution in [2.75, 3.05) is 7.11 Å². The number of amides is 1. The number of thiazole rings is 1. The van der Waals surface area contributed by atoms with Gasteiger partial charge in [0.05, 0.1) is 23.4 Å². The second-order valence-corrected chi connectivity index (χ2v) is 6.88. The number of methoxy groups -OCH3 is 1. The van der Waals surface area contributed by atoms with Gasteiger partial charge < -0.3 is 9.30 Å². The molecule has 0 aliphatic rings. The number of ether oxygens (including phenoxy) is 1. The van der Waals surface area contributed by atoms with Gasteiger partial charge in [0.15, 0.2) is 4.80 Å². The van der Waals surface area contributed by atoms with E-state index in [1.807, 2.05) is 29.7 Å². The summed E-state index contributed by atoms with van der Waals surface area (Å²) < 4.78 is 8.65. The number of carbonyl (C=O) groups excluding carboxylic acids is 1. The fourth-order valence-corrected chi connectivity index (χ4v) is 3.94. The van der Waals surface area contributed by atoms with Gasteiger partial charge in [0.2, 0.25) is 0 Å². The molecule has 6 heteroatoms. The van der Waals surface area contributed by atoms with Crippen LogP contribution in [0.1, 0.15) is 34.8 Å². The highest BCUT2D eigenvalue weighted by Crippen LogP contribution is 2.30. The first-order valence-electron chi connectivity index (χ1n) is 8.35. The summed E-state index contributed by atoms with van der Waals surface area (Å²) in [7, 11) is 1.65. The van der Waals surface area contributed by atoms with Crippen LogP contribution in [0, 0.1) is 18.3 Å². The minimum Gasteiger partial charge on any atom is -0.495 e. The predicted molar refractivity (Wildman–Crippen MR) is 102 cm³/mol. The van der Waals surface area contributed by atoms with Crippen LogP contribution in [0.5, 0.6) is 5.75 Å². The summed E-state index contributed by atoms with van der Waals surface area (Å²) in [6.07, 6.45) is 0.918. The molecular weight excluding hydrogens is 346 g/mol. The van der Waals surface area contributed by atoms with E-state index >= 15 is 0 Å². The van der Waals surface area contributed by atoms with Crippen molar-refractivity contribution in [3.8, 4) is 11.8 Å². The van der Waals surface area contributed by atoms with Gasteiger partial charge >= 0.3 is 0 Å². The summed E-state index contributed by atoms with van der Waals surface area (Å²) in [5.74, 6) is 0.463. The van der Waals surface area contributed by atoms with Crippen molar-refractivity contribution in [3.63, 3.8) is 0 Å². The Kier molecular flexibility index (Phi) is 5.19. The molecule has 1 amide bonds. The van der Waals surface area contributed by atoms with Crippen LogP contribution in [0.3, 0.4) is 0 Å². The monoisotopic (exact) mass is 365 g/mol. The number of hydrogen-bond donors (Lipinski definition) is 0. The number of rotatable bonds is 4. The van der Waals surface area contributed by atoms with Crippen molar-refractivity contribution in [3.05, 3.63) is 57.9 Å². The first-order valence-corrected chi connectivity index (χ1v) is 9.16.